The first-order valence-corrected chi connectivity index (χ1v) is 7.95. The highest BCUT2D eigenvalue weighted by Crippen LogP contribution is 2.31. The summed E-state index contributed by atoms with van der Waals surface area (Å²) in [7, 11) is 0. The minimum absolute atomic E-state index is 0.215. The van der Waals surface area contributed by atoms with Crippen LogP contribution in [0.25, 0.3) is 0 Å². The van der Waals surface area contributed by atoms with E-state index in [0.29, 0.717) is 18.7 Å². The van der Waals surface area contributed by atoms with Crippen molar-refractivity contribution < 1.29 is 14.3 Å². The van der Waals surface area contributed by atoms with Gasteiger partial charge < -0.3 is 15.4 Å². The number of benzene rings is 2. The third kappa shape index (κ3) is 3.56. The third-order valence-electron chi connectivity index (χ3n) is 3.95. The maximum Gasteiger partial charge on any atom is 0.313 e. The molecule has 0 aromatic heterocycles. The molecule has 0 bridgehead atoms. The lowest BCUT2D eigenvalue weighted by atomic mass is 10.0. The van der Waals surface area contributed by atoms with Crippen molar-refractivity contribution in [2.75, 3.05) is 11.9 Å². The van der Waals surface area contributed by atoms with Gasteiger partial charge in [0.25, 0.3) is 0 Å². The summed E-state index contributed by atoms with van der Waals surface area (Å²) in [6, 6.07) is 13.0. The van der Waals surface area contributed by atoms with Gasteiger partial charge in [-0.15, -0.1) is 0 Å². The van der Waals surface area contributed by atoms with Crippen molar-refractivity contribution in [2.45, 2.75) is 26.3 Å². The average Bonchev–Trinajstić information content (AvgIpc) is 2.54. The summed E-state index contributed by atoms with van der Waals surface area (Å²) in [6.07, 6.45) is 0.638. The molecule has 124 valence electrons. The maximum atomic E-state index is 12.2. The summed E-state index contributed by atoms with van der Waals surface area (Å²) < 4.78 is 5.57. The molecular formula is C19H20N2O3. The largest absolute Gasteiger partial charge is 0.493 e. The first kappa shape index (κ1) is 16.1. The van der Waals surface area contributed by atoms with Gasteiger partial charge in [-0.25, -0.2) is 0 Å². The molecule has 1 aliphatic rings. The maximum absolute atomic E-state index is 12.2. The Morgan fingerprint density at radius 1 is 1.04 bits per heavy atom. The van der Waals surface area contributed by atoms with Gasteiger partial charge >= 0.3 is 11.8 Å². The first-order chi connectivity index (χ1) is 11.5. The molecule has 5 heteroatoms. The minimum Gasteiger partial charge on any atom is -0.493 e. The molecule has 0 saturated carbocycles. The van der Waals surface area contributed by atoms with Gasteiger partial charge in [0.15, 0.2) is 0 Å². The van der Waals surface area contributed by atoms with Crippen LogP contribution in [0, 0.1) is 13.8 Å². The number of aryl methyl sites for hydroxylation is 2. The molecule has 0 unspecified atom stereocenters. The molecule has 1 aliphatic heterocycles. The van der Waals surface area contributed by atoms with Crippen LogP contribution in [0.2, 0.25) is 0 Å². The summed E-state index contributed by atoms with van der Waals surface area (Å²) in [5.74, 6) is -0.552. The van der Waals surface area contributed by atoms with E-state index in [-0.39, 0.29) is 6.04 Å². The number of hydrogen-bond acceptors (Lipinski definition) is 3. The molecule has 3 rings (SSSR count). The molecule has 0 aliphatic carbocycles. The lowest BCUT2D eigenvalue weighted by Crippen LogP contribution is -2.39. The van der Waals surface area contributed by atoms with Crippen molar-refractivity contribution in [3.8, 4) is 5.75 Å². The van der Waals surface area contributed by atoms with Gasteiger partial charge in [-0.2, -0.15) is 0 Å². The molecule has 0 saturated heterocycles. The molecule has 1 atom stereocenters. The number of fused-ring (bicyclic) bond motifs is 1. The summed E-state index contributed by atoms with van der Waals surface area (Å²) in [4.78, 5) is 24.4. The zero-order chi connectivity index (χ0) is 17.1. The normalized spacial score (nSPS) is 15.8. The SMILES string of the molecule is Cc1cc(C)cc(NC(=O)C(=O)N[C@@H]2CCOc3ccccc32)c1. The van der Waals surface area contributed by atoms with Crippen LogP contribution in [-0.4, -0.2) is 18.4 Å². The van der Waals surface area contributed by atoms with Crippen LogP contribution >= 0.6 is 0 Å². The van der Waals surface area contributed by atoms with E-state index in [9.17, 15) is 9.59 Å². The predicted molar refractivity (Wildman–Crippen MR) is 92.0 cm³/mol. The van der Waals surface area contributed by atoms with Gasteiger partial charge in [-0.1, -0.05) is 24.3 Å². The highest BCUT2D eigenvalue weighted by Gasteiger charge is 2.25. The fraction of sp³-hybridized carbons (Fsp3) is 0.263. The minimum atomic E-state index is -0.663. The molecule has 5 nitrogen and oxygen atoms in total. The van der Waals surface area contributed by atoms with Gasteiger partial charge in [0, 0.05) is 17.7 Å². The summed E-state index contributed by atoms with van der Waals surface area (Å²) in [6.45, 7) is 4.41. The van der Waals surface area contributed by atoms with Gasteiger partial charge in [0.05, 0.1) is 12.6 Å². The molecular weight excluding hydrogens is 304 g/mol. The standard InChI is InChI=1S/C19H20N2O3/c1-12-9-13(2)11-14(10-12)20-18(22)19(23)21-16-7-8-24-17-6-4-3-5-15(16)17/h3-6,9-11,16H,7-8H2,1-2H3,(H,20,22)(H,21,23)/t16-/m1/s1. The lowest BCUT2D eigenvalue weighted by molar-refractivity contribution is -0.136. The molecule has 2 amide bonds. The number of ether oxygens (including phenoxy) is 1. The number of nitrogens with one attached hydrogen (secondary N) is 2. The van der Waals surface area contributed by atoms with Crippen molar-refractivity contribution in [1.82, 2.24) is 5.32 Å². The number of anilines is 1. The Morgan fingerprint density at radius 2 is 1.75 bits per heavy atom. The second-order valence-corrected chi connectivity index (χ2v) is 6.03. The van der Waals surface area contributed by atoms with E-state index in [4.69, 9.17) is 4.74 Å². The van der Waals surface area contributed by atoms with Crippen LogP contribution in [0.4, 0.5) is 5.69 Å². The van der Waals surface area contributed by atoms with Crippen molar-refractivity contribution in [1.29, 1.82) is 0 Å². The van der Waals surface area contributed by atoms with Crippen LogP contribution in [0.5, 0.6) is 5.75 Å². The first-order valence-electron chi connectivity index (χ1n) is 7.95. The Labute approximate surface area is 141 Å². The van der Waals surface area contributed by atoms with Gasteiger partial charge in [-0.05, 0) is 43.2 Å². The number of rotatable bonds is 2. The summed E-state index contributed by atoms with van der Waals surface area (Å²) in [5.41, 5.74) is 3.59. The Morgan fingerprint density at radius 3 is 2.50 bits per heavy atom. The zero-order valence-corrected chi connectivity index (χ0v) is 13.8. The second-order valence-electron chi connectivity index (χ2n) is 6.03. The zero-order valence-electron chi connectivity index (χ0n) is 13.8. The quantitative estimate of drug-likeness (QED) is 0.835. The number of carbonyl (C=O) groups is 2. The Kier molecular flexibility index (Phi) is 4.51. The molecule has 1 heterocycles. The molecule has 2 N–H and O–H groups in total. The number of para-hydroxylation sites is 1. The molecule has 0 radical (unpaired) electrons. The molecule has 0 spiro atoms. The van der Waals surface area contributed by atoms with E-state index in [0.717, 1.165) is 22.4 Å². The Balaban J connectivity index is 1.68. The smallest absolute Gasteiger partial charge is 0.313 e. The van der Waals surface area contributed by atoms with Crippen molar-refractivity contribution in [2.24, 2.45) is 0 Å². The van der Waals surface area contributed by atoms with Crippen LogP contribution < -0.4 is 15.4 Å². The third-order valence-corrected chi connectivity index (χ3v) is 3.95. The number of hydrogen-bond donors (Lipinski definition) is 2. The Hall–Kier alpha value is -2.82. The van der Waals surface area contributed by atoms with Crippen LogP contribution in [0.1, 0.15) is 29.2 Å². The van der Waals surface area contributed by atoms with Crippen molar-refractivity contribution in [3.63, 3.8) is 0 Å². The fourth-order valence-electron chi connectivity index (χ4n) is 2.95. The van der Waals surface area contributed by atoms with Gasteiger partial charge in [0.2, 0.25) is 0 Å². The lowest BCUT2D eigenvalue weighted by Gasteiger charge is -2.26. The monoisotopic (exact) mass is 324 g/mol. The van der Waals surface area contributed by atoms with E-state index in [1.54, 1.807) is 0 Å². The fourth-order valence-corrected chi connectivity index (χ4v) is 2.95. The van der Waals surface area contributed by atoms with E-state index in [1.165, 1.54) is 0 Å². The topological polar surface area (TPSA) is 67.4 Å². The predicted octanol–water partition coefficient (Wildman–Crippen LogP) is 2.88. The molecule has 2 aromatic rings. The van der Waals surface area contributed by atoms with Crippen LogP contribution in [0.15, 0.2) is 42.5 Å². The van der Waals surface area contributed by atoms with Crippen LogP contribution in [0.3, 0.4) is 0 Å². The van der Waals surface area contributed by atoms with Crippen molar-refractivity contribution in [3.05, 3.63) is 59.2 Å². The van der Waals surface area contributed by atoms with E-state index in [2.05, 4.69) is 10.6 Å². The van der Waals surface area contributed by atoms with Gasteiger partial charge in [0.1, 0.15) is 5.75 Å². The van der Waals surface area contributed by atoms with Crippen molar-refractivity contribution >= 4 is 17.5 Å². The van der Waals surface area contributed by atoms with Crippen LogP contribution in [-0.2, 0) is 9.59 Å². The van der Waals surface area contributed by atoms with E-state index < -0.39 is 11.8 Å². The highest BCUT2D eigenvalue weighted by atomic mass is 16.5. The second kappa shape index (κ2) is 6.74. The number of carbonyl (C=O) groups excluding carboxylic acids is 2. The van der Waals surface area contributed by atoms with E-state index >= 15 is 0 Å². The summed E-state index contributed by atoms with van der Waals surface area (Å²) in [5, 5.41) is 5.45. The molecule has 24 heavy (non-hydrogen) atoms. The summed E-state index contributed by atoms with van der Waals surface area (Å²) >= 11 is 0. The molecule has 0 fully saturated rings. The van der Waals surface area contributed by atoms with E-state index in [1.807, 2.05) is 56.3 Å². The Bertz CT molecular complexity index is 766. The number of amides is 2. The average molecular weight is 324 g/mol. The molecule has 2 aromatic carbocycles. The van der Waals surface area contributed by atoms with Gasteiger partial charge in [-0.3, -0.25) is 9.59 Å². The highest BCUT2D eigenvalue weighted by molar-refractivity contribution is 6.39.